The molecule has 0 saturated heterocycles. The minimum absolute atomic E-state index is 0.185. The first-order valence-corrected chi connectivity index (χ1v) is 8.80. The summed E-state index contributed by atoms with van der Waals surface area (Å²) in [6, 6.07) is 10.3. The molecule has 25 heavy (non-hydrogen) atoms. The first kappa shape index (κ1) is 15.7. The Kier molecular flexibility index (Phi) is 4.17. The average molecular weight is 338 g/mol. The Labute approximate surface area is 145 Å². The Morgan fingerprint density at radius 2 is 1.96 bits per heavy atom. The minimum atomic E-state index is -0.185. The molecule has 1 aromatic carbocycles. The molecule has 6 heteroatoms. The van der Waals surface area contributed by atoms with Crippen LogP contribution in [-0.2, 0) is 13.0 Å². The molecule has 0 fully saturated rings. The standard InChI is InChI=1S/C19H22N4O2/c20-18-17-15-11-16(21-18)25-9-4-2-1-3-6-13-7-5-8-14(10-13)12-23(15)19(24)22-17/h5,7-8,10-11H,1-4,6,9,12H2,(H2,20,21)(H,22,24). The number of H-pyrrole nitrogens is 1. The van der Waals surface area contributed by atoms with Crippen molar-refractivity contribution in [2.45, 2.75) is 38.6 Å². The van der Waals surface area contributed by atoms with Crippen LogP contribution in [0.15, 0.2) is 35.1 Å². The van der Waals surface area contributed by atoms with Gasteiger partial charge in [-0.15, -0.1) is 0 Å². The van der Waals surface area contributed by atoms with Crippen molar-refractivity contribution >= 4 is 16.9 Å². The molecule has 0 aliphatic carbocycles. The third-order valence-corrected chi connectivity index (χ3v) is 4.71. The van der Waals surface area contributed by atoms with Crippen molar-refractivity contribution in [1.82, 2.24) is 14.5 Å². The number of pyridine rings is 1. The summed E-state index contributed by atoms with van der Waals surface area (Å²) in [6.45, 7) is 1.11. The first-order valence-electron chi connectivity index (χ1n) is 8.80. The van der Waals surface area contributed by atoms with Crippen LogP contribution in [-0.4, -0.2) is 21.1 Å². The number of ether oxygens (including phenoxy) is 1. The van der Waals surface area contributed by atoms with Crippen molar-refractivity contribution in [1.29, 1.82) is 0 Å². The topological polar surface area (TPSA) is 85.9 Å². The van der Waals surface area contributed by atoms with E-state index in [0.717, 1.165) is 36.8 Å². The highest BCUT2D eigenvalue weighted by Gasteiger charge is 2.13. The van der Waals surface area contributed by atoms with Gasteiger partial charge in [0.2, 0.25) is 5.88 Å². The molecule has 0 radical (unpaired) electrons. The van der Waals surface area contributed by atoms with Gasteiger partial charge in [0.25, 0.3) is 0 Å². The summed E-state index contributed by atoms with van der Waals surface area (Å²) < 4.78 is 7.45. The number of aromatic nitrogens is 3. The normalized spacial score (nSPS) is 15.5. The molecule has 0 saturated carbocycles. The van der Waals surface area contributed by atoms with Gasteiger partial charge in [0.15, 0.2) is 5.82 Å². The van der Waals surface area contributed by atoms with Gasteiger partial charge in [-0.3, -0.25) is 4.57 Å². The van der Waals surface area contributed by atoms with Crippen molar-refractivity contribution in [2.24, 2.45) is 0 Å². The fourth-order valence-electron chi connectivity index (χ4n) is 3.41. The van der Waals surface area contributed by atoms with Gasteiger partial charge in [-0.05, 0) is 30.4 Å². The van der Waals surface area contributed by atoms with E-state index in [2.05, 4.69) is 34.2 Å². The number of nitrogens with one attached hydrogen (secondary N) is 1. The second-order valence-corrected chi connectivity index (χ2v) is 6.59. The quantitative estimate of drug-likeness (QED) is 0.660. The van der Waals surface area contributed by atoms with Crippen LogP contribution in [0.1, 0.15) is 36.8 Å². The Balaban J connectivity index is 1.82. The fourth-order valence-corrected chi connectivity index (χ4v) is 3.41. The van der Waals surface area contributed by atoms with Gasteiger partial charge in [-0.2, -0.15) is 4.98 Å². The number of nitrogens with two attached hydrogens (primary N) is 1. The van der Waals surface area contributed by atoms with E-state index in [4.69, 9.17) is 10.5 Å². The summed E-state index contributed by atoms with van der Waals surface area (Å²) in [5.74, 6) is 0.766. The number of nitrogen functional groups attached to an aromatic ring is 1. The third kappa shape index (κ3) is 3.24. The van der Waals surface area contributed by atoms with Crippen molar-refractivity contribution in [3.63, 3.8) is 0 Å². The molecule has 3 aromatic rings. The Hall–Kier alpha value is -2.76. The van der Waals surface area contributed by atoms with E-state index in [0.29, 0.717) is 30.4 Å². The van der Waals surface area contributed by atoms with Gasteiger partial charge in [0, 0.05) is 6.07 Å². The molecule has 6 nitrogen and oxygen atoms in total. The van der Waals surface area contributed by atoms with Gasteiger partial charge in [-0.25, -0.2) is 4.79 Å². The van der Waals surface area contributed by atoms with E-state index in [9.17, 15) is 4.79 Å². The van der Waals surface area contributed by atoms with E-state index in [1.54, 1.807) is 10.6 Å². The highest BCUT2D eigenvalue weighted by atomic mass is 16.5. The average Bonchev–Trinajstić information content (AvgIpc) is 2.90. The molecule has 2 aromatic heterocycles. The monoisotopic (exact) mass is 338 g/mol. The highest BCUT2D eigenvalue weighted by molar-refractivity contribution is 5.85. The van der Waals surface area contributed by atoms with Crippen LogP contribution in [0.25, 0.3) is 11.0 Å². The zero-order valence-electron chi connectivity index (χ0n) is 14.1. The van der Waals surface area contributed by atoms with Gasteiger partial charge >= 0.3 is 5.69 Å². The van der Waals surface area contributed by atoms with E-state index >= 15 is 0 Å². The van der Waals surface area contributed by atoms with Crippen LogP contribution < -0.4 is 16.2 Å². The number of hydrogen-bond acceptors (Lipinski definition) is 4. The second kappa shape index (κ2) is 6.63. The summed E-state index contributed by atoms with van der Waals surface area (Å²) >= 11 is 0. The molecular weight excluding hydrogens is 316 g/mol. The molecule has 0 spiro atoms. The number of fused-ring (bicyclic) bond motifs is 3. The molecule has 4 bridgehead atoms. The molecule has 1 aliphatic heterocycles. The third-order valence-electron chi connectivity index (χ3n) is 4.71. The number of imidazole rings is 1. The largest absolute Gasteiger partial charge is 0.478 e. The van der Waals surface area contributed by atoms with E-state index < -0.39 is 0 Å². The van der Waals surface area contributed by atoms with Gasteiger partial charge in [0.05, 0.1) is 18.7 Å². The summed E-state index contributed by atoms with van der Waals surface area (Å²) in [7, 11) is 0. The van der Waals surface area contributed by atoms with Gasteiger partial charge in [-0.1, -0.05) is 37.1 Å². The maximum Gasteiger partial charge on any atom is 0.326 e. The summed E-state index contributed by atoms with van der Waals surface area (Å²) in [4.78, 5) is 19.5. The van der Waals surface area contributed by atoms with Crippen LogP contribution in [0, 0.1) is 0 Å². The lowest BCUT2D eigenvalue weighted by atomic mass is 10.0. The zero-order chi connectivity index (χ0) is 17.2. The lowest BCUT2D eigenvalue weighted by molar-refractivity contribution is 0.294. The number of anilines is 1. The minimum Gasteiger partial charge on any atom is -0.478 e. The van der Waals surface area contributed by atoms with Crippen molar-refractivity contribution in [2.75, 3.05) is 12.3 Å². The number of aromatic amines is 1. The predicted molar refractivity (Wildman–Crippen MR) is 98.0 cm³/mol. The molecule has 0 amide bonds. The first-order chi connectivity index (χ1) is 12.2. The smallest absolute Gasteiger partial charge is 0.326 e. The van der Waals surface area contributed by atoms with Crippen LogP contribution in [0.3, 0.4) is 0 Å². The summed E-state index contributed by atoms with van der Waals surface area (Å²) in [5.41, 5.74) is 9.56. The Morgan fingerprint density at radius 3 is 2.88 bits per heavy atom. The van der Waals surface area contributed by atoms with Crippen LogP contribution in [0.5, 0.6) is 5.88 Å². The maximum absolute atomic E-state index is 12.4. The Bertz CT molecular complexity index is 958. The lowest BCUT2D eigenvalue weighted by Gasteiger charge is -2.08. The second-order valence-electron chi connectivity index (χ2n) is 6.59. The predicted octanol–water partition coefficient (Wildman–Crippen LogP) is 2.85. The number of rotatable bonds is 0. The van der Waals surface area contributed by atoms with Gasteiger partial charge < -0.3 is 15.5 Å². The molecule has 0 unspecified atom stereocenters. The zero-order valence-corrected chi connectivity index (χ0v) is 14.1. The molecular formula is C19H22N4O2. The van der Waals surface area contributed by atoms with Gasteiger partial charge in [0.1, 0.15) is 5.52 Å². The van der Waals surface area contributed by atoms with Crippen molar-refractivity contribution in [3.8, 4) is 5.88 Å². The van der Waals surface area contributed by atoms with E-state index in [1.165, 1.54) is 12.0 Å². The van der Waals surface area contributed by atoms with Crippen molar-refractivity contribution < 1.29 is 4.74 Å². The van der Waals surface area contributed by atoms with Crippen LogP contribution >= 0.6 is 0 Å². The molecule has 4 rings (SSSR count). The summed E-state index contributed by atoms with van der Waals surface area (Å²) in [6.07, 6.45) is 5.53. The molecule has 3 N–H and O–H groups in total. The van der Waals surface area contributed by atoms with Crippen molar-refractivity contribution in [3.05, 3.63) is 51.9 Å². The fraction of sp³-hybridized carbons (Fsp3) is 0.368. The molecule has 3 heterocycles. The highest BCUT2D eigenvalue weighted by Crippen LogP contribution is 2.23. The molecule has 0 atom stereocenters. The molecule has 130 valence electrons. The Morgan fingerprint density at radius 1 is 1.12 bits per heavy atom. The number of benzene rings is 1. The number of hydrogen-bond donors (Lipinski definition) is 2. The lowest BCUT2D eigenvalue weighted by Crippen LogP contribution is -2.17. The van der Waals surface area contributed by atoms with Crippen LogP contribution in [0.4, 0.5) is 5.82 Å². The number of aryl methyl sites for hydroxylation is 1. The SMILES string of the molecule is Nc1nc2cc3c1[nH]c(=O)n3Cc1cccc(c1)CCCCCCO2. The van der Waals surface area contributed by atoms with E-state index in [-0.39, 0.29) is 5.69 Å². The molecule has 1 aliphatic rings. The summed E-state index contributed by atoms with van der Waals surface area (Å²) in [5, 5.41) is 0. The van der Waals surface area contributed by atoms with E-state index in [1.807, 2.05) is 0 Å². The van der Waals surface area contributed by atoms with Crippen LogP contribution in [0.2, 0.25) is 0 Å². The number of nitrogens with zero attached hydrogens (tertiary/aromatic N) is 2. The maximum atomic E-state index is 12.4.